The van der Waals surface area contributed by atoms with Gasteiger partial charge in [0.05, 0.1) is 16.3 Å². The SMILES string of the molecule is Cc1nc(-c2cccs2)cc2nc(CN)cn12. The second-order valence-corrected chi connectivity index (χ2v) is 4.78. The predicted molar refractivity (Wildman–Crippen MR) is 68.9 cm³/mol. The van der Waals surface area contributed by atoms with Crippen molar-refractivity contribution in [2.45, 2.75) is 13.5 Å². The zero-order chi connectivity index (χ0) is 11.8. The molecular formula is C12H12N4S. The number of hydrogen-bond acceptors (Lipinski definition) is 4. The van der Waals surface area contributed by atoms with Crippen LogP contribution in [0.5, 0.6) is 0 Å². The van der Waals surface area contributed by atoms with E-state index in [2.05, 4.69) is 16.0 Å². The van der Waals surface area contributed by atoms with Crippen LogP contribution < -0.4 is 5.73 Å². The molecule has 0 saturated heterocycles. The second-order valence-electron chi connectivity index (χ2n) is 3.83. The Bertz CT molecular complexity index is 655. The molecule has 0 aromatic carbocycles. The van der Waals surface area contributed by atoms with E-state index in [0.717, 1.165) is 27.7 Å². The van der Waals surface area contributed by atoms with Crippen LogP contribution in [0.3, 0.4) is 0 Å². The molecule has 17 heavy (non-hydrogen) atoms. The molecular weight excluding hydrogens is 232 g/mol. The summed E-state index contributed by atoms with van der Waals surface area (Å²) in [6.45, 7) is 2.43. The molecule has 3 aromatic heterocycles. The van der Waals surface area contributed by atoms with E-state index in [1.165, 1.54) is 0 Å². The van der Waals surface area contributed by atoms with Crippen molar-refractivity contribution >= 4 is 17.0 Å². The number of rotatable bonds is 2. The minimum atomic E-state index is 0.454. The smallest absolute Gasteiger partial charge is 0.140 e. The van der Waals surface area contributed by atoms with Crippen LogP contribution >= 0.6 is 11.3 Å². The lowest BCUT2D eigenvalue weighted by Gasteiger charge is -2.02. The highest BCUT2D eigenvalue weighted by Gasteiger charge is 2.08. The Kier molecular flexibility index (Phi) is 2.42. The zero-order valence-corrected chi connectivity index (χ0v) is 10.2. The quantitative estimate of drug-likeness (QED) is 0.752. The van der Waals surface area contributed by atoms with Crippen LogP contribution in [-0.4, -0.2) is 14.4 Å². The van der Waals surface area contributed by atoms with Crippen LogP contribution in [0, 0.1) is 6.92 Å². The summed E-state index contributed by atoms with van der Waals surface area (Å²) in [5.74, 6) is 0.929. The first-order valence-corrected chi connectivity index (χ1v) is 6.25. The van der Waals surface area contributed by atoms with E-state index in [-0.39, 0.29) is 0 Å². The average molecular weight is 244 g/mol. The van der Waals surface area contributed by atoms with Crippen molar-refractivity contribution in [3.63, 3.8) is 0 Å². The predicted octanol–water partition coefficient (Wildman–Crippen LogP) is 2.22. The average Bonchev–Trinajstić information content (AvgIpc) is 2.97. The highest BCUT2D eigenvalue weighted by molar-refractivity contribution is 7.13. The molecule has 0 spiro atoms. The summed E-state index contributed by atoms with van der Waals surface area (Å²) in [6, 6.07) is 6.09. The van der Waals surface area contributed by atoms with Crippen molar-refractivity contribution in [2.24, 2.45) is 5.73 Å². The van der Waals surface area contributed by atoms with Crippen LogP contribution in [-0.2, 0) is 6.54 Å². The number of fused-ring (bicyclic) bond motifs is 1. The lowest BCUT2D eigenvalue weighted by molar-refractivity contribution is 0.982. The van der Waals surface area contributed by atoms with Gasteiger partial charge in [-0.3, -0.25) is 4.40 Å². The van der Waals surface area contributed by atoms with Crippen LogP contribution in [0.15, 0.2) is 29.8 Å². The summed E-state index contributed by atoms with van der Waals surface area (Å²) in [7, 11) is 0. The Balaban J connectivity index is 2.23. The summed E-state index contributed by atoms with van der Waals surface area (Å²) < 4.78 is 1.97. The van der Waals surface area contributed by atoms with Gasteiger partial charge in [0.1, 0.15) is 11.5 Å². The van der Waals surface area contributed by atoms with Gasteiger partial charge in [0.15, 0.2) is 0 Å². The van der Waals surface area contributed by atoms with Gasteiger partial charge in [0.2, 0.25) is 0 Å². The fourth-order valence-corrected chi connectivity index (χ4v) is 2.52. The van der Waals surface area contributed by atoms with Gasteiger partial charge < -0.3 is 5.73 Å². The highest BCUT2D eigenvalue weighted by atomic mass is 32.1. The topological polar surface area (TPSA) is 56.2 Å². The monoisotopic (exact) mass is 244 g/mol. The summed E-state index contributed by atoms with van der Waals surface area (Å²) in [5.41, 5.74) is 8.36. The molecule has 0 bridgehead atoms. The van der Waals surface area contributed by atoms with Crippen molar-refractivity contribution in [1.82, 2.24) is 14.4 Å². The van der Waals surface area contributed by atoms with Gasteiger partial charge >= 0.3 is 0 Å². The molecule has 0 atom stereocenters. The van der Waals surface area contributed by atoms with Crippen molar-refractivity contribution < 1.29 is 0 Å². The first-order chi connectivity index (χ1) is 8.28. The molecule has 0 saturated carbocycles. The minimum Gasteiger partial charge on any atom is -0.325 e. The molecule has 0 amide bonds. The molecule has 2 N–H and O–H groups in total. The highest BCUT2D eigenvalue weighted by Crippen LogP contribution is 2.24. The molecule has 3 rings (SSSR count). The van der Waals surface area contributed by atoms with Crippen molar-refractivity contribution in [3.8, 4) is 10.6 Å². The van der Waals surface area contributed by atoms with Gasteiger partial charge in [-0.2, -0.15) is 0 Å². The molecule has 3 aromatic rings. The molecule has 0 radical (unpaired) electrons. The Morgan fingerprint density at radius 1 is 1.41 bits per heavy atom. The standard InChI is InChI=1S/C12H12N4S/c1-8-14-10(11-3-2-4-17-11)5-12-15-9(6-13)7-16(8)12/h2-5,7H,6,13H2,1H3. The van der Waals surface area contributed by atoms with Crippen molar-refractivity contribution in [3.05, 3.63) is 41.3 Å². The van der Waals surface area contributed by atoms with E-state index < -0.39 is 0 Å². The second kappa shape index (κ2) is 3.94. The van der Waals surface area contributed by atoms with Crippen LogP contribution in [0.2, 0.25) is 0 Å². The van der Waals surface area contributed by atoms with E-state index >= 15 is 0 Å². The third kappa shape index (κ3) is 1.73. The normalized spacial score (nSPS) is 11.2. The largest absolute Gasteiger partial charge is 0.325 e. The molecule has 86 valence electrons. The van der Waals surface area contributed by atoms with E-state index in [4.69, 9.17) is 5.73 Å². The van der Waals surface area contributed by atoms with Crippen LogP contribution in [0.25, 0.3) is 16.2 Å². The number of thiophene rings is 1. The molecule has 0 fully saturated rings. The lowest BCUT2D eigenvalue weighted by Crippen LogP contribution is -1.96. The third-order valence-electron chi connectivity index (χ3n) is 2.66. The number of aromatic nitrogens is 3. The fourth-order valence-electron chi connectivity index (χ4n) is 1.84. The molecule has 0 aliphatic carbocycles. The first-order valence-electron chi connectivity index (χ1n) is 5.37. The summed E-state index contributed by atoms with van der Waals surface area (Å²) in [6.07, 6.45) is 1.94. The number of nitrogens with zero attached hydrogens (tertiary/aromatic N) is 3. The van der Waals surface area contributed by atoms with E-state index in [1.807, 2.05) is 35.0 Å². The minimum absolute atomic E-state index is 0.454. The Hall–Kier alpha value is -1.72. The van der Waals surface area contributed by atoms with E-state index in [9.17, 15) is 0 Å². The maximum atomic E-state index is 5.60. The third-order valence-corrected chi connectivity index (χ3v) is 3.55. The number of nitrogens with two attached hydrogens (primary N) is 1. The molecule has 0 aliphatic rings. The Morgan fingerprint density at radius 2 is 2.29 bits per heavy atom. The number of imidazole rings is 1. The van der Waals surface area contributed by atoms with Crippen LogP contribution in [0.1, 0.15) is 11.5 Å². The molecule has 0 aliphatic heterocycles. The number of aryl methyl sites for hydroxylation is 1. The summed E-state index contributed by atoms with van der Waals surface area (Å²) in [4.78, 5) is 10.2. The van der Waals surface area contributed by atoms with Gasteiger partial charge in [0.25, 0.3) is 0 Å². The van der Waals surface area contributed by atoms with Crippen molar-refractivity contribution in [1.29, 1.82) is 0 Å². The summed E-state index contributed by atoms with van der Waals surface area (Å²) >= 11 is 1.68. The Morgan fingerprint density at radius 3 is 3.00 bits per heavy atom. The Labute approximate surface area is 103 Å². The number of hydrogen-bond donors (Lipinski definition) is 1. The fraction of sp³-hybridized carbons (Fsp3) is 0.167. The molecule has 0 unspecified atom stereocenters. The summed E-state index contributed by atoms with van der Waals surface area (Å²) in [5, 5.41) is 2.05. The maximum absolute atomic E-state index is 5.60. The maximum Gasteiger partial charge on any atom is 0.140 e. The molecule has 3 heterocycles. The molecule has 4 nitrogen and oxygen atoms in total. The van der Waals surface area contributed by atoms with Crippen molar-refractivity contribution in [2.75, 3.05) is 0 Å². The van der Waals surface area contributed by atoms with Gasteiger partial charge in [-0.15, -0.1) is 11.3 Å². The lowest BCUT2D eigenvalue weighted by atomic mass is 10.3. The van der Waals surface area contributed by atoms with Gasteiger partial charge in [0, 0.05) is 18.8 Å². The van der Waals surface area contributed by atoms with Crippen LogP contribution in [0.4, 0.5) is 0 Å². The zero-order valence-electron chi connectivity index (χ0n) is 9.42. The van der Waals surface area contributed by atoms with Gasteiger partial charge in [-0.1, -0.05) is 6.07 Å². The molecule has 5 heteroatoms. The first kappa shape index (κ1) is 10.4. The van der Waals surface area contributed by atoms with E-state index in [0.29, 0.717) is 6.54 Å². The van der Waals surface area contributed by atoms with Gasteiger partial charge in [-0.05, 0) is 18.4 Å². The van der Waals surface area contributed by atoms with E-state index in [1.54, 1.807) is 11.3 Å². The van der Waals surface area contributed by atoms with Gasteiger partial charge in [-0.25, -0.2) is 9.97 Å².